The first kappa shape index (κ1) is 12.3. The molecule has 0 spiro atoms. The van der Waals surface area contributed by atoms with Crippen molar-refractivity contribution in [3.63, 3.8) is 0 Å². The molecule has 0 radical (unpaired) electrons. The third-order valence-electron chi connectivity index (χ3n) is 1.96. The van der Waals surface area contributed by atoms with Crippen molar-refractivity contribution in [3.8, 4) is 0 Å². The van der Waals surface area contributed by atoms with E-state index in [9.17, 15) is 8.42 Å². The second-order valence-corrected chi connectivity index (χ2v) is 6.24. The molecule has 0 bridgehead atoms. The van der Waals surface area contributed by atoms with Crippen molar-refractivity contribution in [1.82, 2.24) is 14.8 Å². The zero-order chi connectivity index (χ0) is 12.5. The molecule has 0 fully saturated rings. The highest BCUT2D eigenvalue weighted by Crippen LogP contribution is 2.13. The number of aryl methyl sites for hydroxylation is 1. The van der Waals surface area contributed by atoms with E-state index >= 15 is 0 Å². The van der Waals surface area contributed by atoms with E-state index in [2.05, 4.69) is 37.4 Å². The van der Waals surface area contributed by atoms with Crippen LogP contribution in [0.1, 0.15) is 0 Å². The highest BCUT2D eigenvalue weighted by Gasteiger charge is 2.16. The molecule has 6 nitrogen and oxygen atoms in total. The molecule has 2 rings (SSSR count). The molecule has 1 N–H and O–H groups in total. The lowest BCUT2D eigenvalue weighted by molar-refractivity contribution is 0.601. The Hall–Kier alpha value is -1.16. The minimum Gasteiger partial charge on any atom is -0.274 e. The van der Waals surface area contributed by atoms with Gasteiger partial charge < -0.3 is 0 Å². The molecule has 2 aromatic heterocycles. The second kappa shape index (κ2) is 4.61. The summed E-state index contributed by atoms with van der Waals surface area (Å²) in [6.07, 6.45) is 4.30. The van der Waals surface area contributed by atoms with Gasteiger partial charge in [0.2, 0.25) is 0 Å². The molecule has 0 aliphatic rings. The van der Waals surface area contributed by atoms with Gasteiger partial charge in [-0.25, -0.2) is 13.4 Å². The van der Waals surface area contributed by atoms with Crippen molar-refractivity contribution in [3.05, 3.63) is 34.3 Å². The normalized spacial score (nSPS) is 11.4. The molecule has 0 aliphatic carbocycles. The van der Waals surface area contributed by atoms with Crippen molar-refractivity contribution in [1.29, 1.82) is 0 Å². The highest BCUT2D eigenvalue weighted by molar-refractivity contribution is 14.1. The van der Waals surface area contributed by atoms with Gasteiger partial charge in [-0.05, 0) is 34.7 Å². The van der Waals surface area contributed by atoms with E-state index in [0.717, 1.165) is 3.57 Å². The van der Waals surface area contributed by atoms with Gasteiger partial charge in [-0.15, -0.1) is 0 Å². The van der Waals surface area contributed by atoms with Crippen molar-refractivity contribution in [2.75, 3.05) is 4.72 Å². The quantitative estimate of drug-likeness (QED) is 0.831. The number of nitrogens with one attached hydrogen (secondary N) is 1. The average molecular weight is 364 g/mol. The number of sulfonamides is 1. The van der Waals surface area contributed by atoms with Gasteiger partial charge in [0.15, 0.2) is 0 Å². The maximum atomic E-state index is 11.9. The standard InChI is InChI=1S/C9H9IN4O2S/c1-14-6-8(5-12-14)17(15,16)13-9-3-2-7(10)4-11-9/h2-6H,1H3,(H,11,13). The van der Waals surface area contributed by atoms with E-state index in [1.54, 1.807) is 25.4 Å². The van der Waals surface area contributed by atoms with E-state index in [-0.39, 0.29) is 10.7 Å². The Kier molecular flexibility index (Phi) is 3.33. The lowest BCUT2D eigenvalue weighted by Gasteiger charge is -2.04. The maximum absolute atomic E-state index is 11.9. The van der Waals surface area contributed by atoms with Gasteiger partial charge in [-0.3, -0.25) is 9.40 Å². The zero-order valence-electron chi connectivity index (χ0n) is 8.83. The van der Waals surface area contributed by atoms with Gasteiger partial charge in [0.1, 0.15) is 10.7 Å². The van der Waals surface area contributed by atoms with E-state index in [1.807, 2.05) is 0 Å². The van der Waals surface area contributed by atoms with Gasteiger partial charge in [-0.2, -0.15) is 5.10 Å². The number of halogens is 1. The topological polar surface area (TPSA) is 76.9 Å². The van der Waals surface area contributed by atoms with Gasteiger partial charge in [0, 0.05) is 23.0 Å². The van der Waals surface area contributed by atoms with Gasteiger partial charge in [-0.1, -0.05) is 0 Å². The van der Waals surface area contributed by atoms with Crippen LogP contribution in [-0.2, 0) is 17.1 Å². The smallest absolute Gasteiger partial charge is 0.266 e. The molecule has 0 aliphatic heterocycles. The minimum absolute atomic E-state index is 0.111. The predicted molar refractivity (Wildman–Crippen MR) is 71.0 cm³/mol. The molecule has 0 unspecified atom stereocenters. The summed E-state index contributed by atoms with van der Waals surface area (Å²) in [6, 6.07) is 3.38. The summed E-state index contributed by atoms with van der Waals surface area (Å²) in [5.74, 6) is 0.286. The molecule has 17 heavy (non-hydrogen) atoms. The van der Waals surface area contributed by atoms with Crippen molar-refractivity contribution >= 4 is 38.4 Å². The van der Waals surface area contributed by atoms with Crippen LogP contribution in [0.5, 0.6) is 0 Å². The molecule has 0 aromatic carbocycles. The fraction of sp³-hybridized carbons (Fsp3) is 0.111. The Morgan fingerprint density at radius 2 is 2.12 bits per heavy atom. The third kappa shape index (κ3) is 2.94. The number of hydrogen-bond donors (Lipinski definition) is 1. The number of aromatic nitrogens is 3. The second-order valence-electron chi connectivity index (χ2n) is 3.32. The molecule has 0 saturated carbocycles. The van der Waals surface area contributed by atoms with Crippen LogP contribution in [0.4, 0.5) is 5.82 Å². The van der Waals surface area contributed by atoms with Crippen LogP contribution < -0.4 is 4.72 Å². The Morgan fingerprint density at radius 1 is 1.35 bits per heavy atom. The Balaban J connectivity index is 2.26. The lowest BCUT2D eigenvalue weighted by atomic mass is 10.5. The largest absolute Gasteiger partial charge is 0.274 e. The minimum atomic E-state index is -3.60. The molecular weight excluding hydrogens is 355 g/mol. The summed E-state index contributed by atoms with van der Waals surface area (Å²) in [6.45, 7) is 0. The summed E-state index contributed by atoms with van der Waals surface area (Å²) in [5, 5.41) is 3.81. The Bertz CT molecular complexity index is 621. The number of nitrogens with zero attached hydrogens (tertiary/aromatic N) is 3. The molecule has 90 valence electrons. The first-order valence-electron chi connectivity index (χ1n) is 4.60. The molecule has 0 atom stereocenters. The predicted octanol–water partition coefficient (Wildman–Crippen LogP) is 1.22. The molecule has 2 aromatic rings. The molecular formula is C9H9IN4O2S. The van der Waals surface area contributed by atoms with Crippen molar-refractivity contribution in [2.24, 2.45) is 7.05 Å². The van der Waals surface area contributed by atoms with Crippen LogP contribution in [0.25, 0.3) is 0 Å². The maximum Gasteiger partial charge on any atom is 0.266 e. The van der Waals surface area contributed by atoms with E-state index < -0.39 is 10.0 Å². The van der Waals surface area contributed by atoms with Crippen LogP contribution in [-0.4, -0.2) is 23.2 Å². The Morgan fingerprint density at radius 3 is 2.65 bits per heavy atom. The van der Waals surface area contributed by atoms with Crippen LogP contribution in [0.3, 0.4) is 0 Å². The van der Waals surface area contributed by atoms with Crippen LogP contribution in [0.15, 0.2) is 35.6 Å². The van der Waals surface area contributed by atoms with Crippen molar-refractivity contribution in [2.45, 2.75) is 4.90 Å². The fourth-order valence-corrected chi connectivity index (χ4v) is 2.48. The summed E-state index contributed by atoms with van der Waals surface area (Å²) < 4.78 is 28.5. The molecule has 2 heterocycles. The van der Waals surface area contributed by atoms with Gasteiger partial charge in [0.25, 0.3) is 10.0 Å². The first-order valence-corrected chi connectivity index (χ1v) is 7.16. The fourth-order valence-electron chi connectivity index (χ4n) is 1.17. The zero-order valence-corrected chi connectivity index (χ0v) is 11.8. The molecule has 0 amide bonds. The van der Waals surface area contributed by atoms with Crippen LogP contribution >= 0.6 is 22.6 Å². The van der Waals surface area contributed by atoms with Gasteiger partial charge in [0.05, 0.1) is 6.20 Å². The first-order chi connectivity index (χ1) is 7.97. The third-order valence-corrected chi connectivity index (χ3v) is 3.91. The van der Waals surface area contributed by atoms with Crippen LogP contribution in [0, 0.1) is 3.57 Å². The number of anilines is 1. The monoisotopic (exact) mass is 364 g/mol. The summed E-state index contributed by atoms with van der Waals surface area (Å²) in [4.78, 5) is 4.08. The van der Waals surface area contributed by atoms with Crippen LogP contribution in [0.2, 0.25) is 0 Å². The van der Waals surface area contributed by atoms with E-state index in [0.29, 0.717) is 0 Å². The van der Waals surface area contributed by atoms with E-state index in [4.69, 9.17) is 0 Å². The number of hydrogen-bond acceptors (Lipinski definition) is 4. The highest BCUT2D eigenvalue weighted by atomic mass is 127. The number of rotatable bonds is 3. The summed E-state index contributed by atoms with van der Waals surface area (Å²) in [7, 11) is -1.95. The summed E-state index contributed by atoms with van der Waals surface area (Å²) in [5.41, 5.74) is 0. The van der Waals surface area contributed by atoms with Crippen molar-refractivity contribution < 1.29 is 8.42 Å². The molecule has 8 heteroatoms. The Labute approximate surface area is 112 Å². The van der Waals surface area contributed by atoms with E-state index in [1.165, 1.54) is 17.1 Å². The SMILES string of the molecule is Cn1cc(S(=O)(=O)Nc2ccc(I)cn2)cn1. The average Bonchev–Trinajstić information content (AvgIpc) is 2.69. The lowest BCUT2D eigenvalue weighted by Crippen LogP contribution is -2.13. The summed E-state index contributed by atoms with van der Waals surface area (Å²) >= 11 is 2.10. The van der Waals surface area contributed by atoms with Gasteiger partial charge >= 0.3 is 0 Å². The number of pyridine rings is 1. The molecule has 0 saturated heterocycles.